The quantitative estimate of drug-likeness (QED) is 0.671. The highest BCUT2D eigenvalue weighted by Crippen LogP contribution is 2.18. The Hall–Kier alpha value is -0.120. The predicted molar refractivity (Wildman–Crippen MR) is 73.4 cm³/mol. The lowest BCUT2D eigenvalue weighted by Crippen LogP contribution is -2.40. The van der Waals surface area contributed by atoms with Crippen molar-refractivity contribution in [2.24, 2.45) is 0 Å². The average Bonchev–Trinajstić information content (AvgIpc) is 3.04. The summed E-state index contributed by atoms with van der Waals surface area (Å²) in [6, 6.07) is 1.97. The zero-order valence-corrected chi connectivity index (χ0v) is 12.2. The van der Waals surface area contributed by atoms with Crippen LogP contribution in [0.2, 0.25) is 0 Å². The van der Waals surface area contributed by atoms with E-state index in [0.717, 1.165) is 25.7 Å². The molecule has 0 heterocycles. The highest BCUT2D eigenvalue weighted by Gasteiger charge is 2.21. The molecule has 17 heavy (non-hydrogen) atoms. The molecule has 102 valence electrons. The van der Waals surface area contributed by atoms with Crippen LogP contribution in [0.25, 0.3) is 0 Å². The fourth-order valence-electron chi connectivity index (χ4n) is 2.15. The van der Waals surface area contributed by atoms with Crippen LogP contribution in [0.5, 0.6) is 0 Å². The lowest BCUT2D eigenvalue weighted by molar-refractivity contribution is 0.0348. The summed E-state index contributed by atoms with van der Waals surface area (Å²) in [6.45, 7) is 14.0. The molecule has 0 bridgehead atoms. The standard InChI is InChI=1S/C14H30N2O/c1-11(2)16(12(3)4)8-9-17-13(5)10-15-14-6-7-14/h11-15H,6-10H2,1-5H3. The lowest BCUT2D eigenvalue weighted by atomic mass is 10.2. The fraction of sp³-hybridized carbons (Fsp3) is 1.00. The van der Waals surface area contributed by atoms with Gasteiger partial charge in [-0.3, -0.25) is 4.90 Å². The predicted octanol–water partition coefficient (Wildman–Crippen LogP) is 2.26. The number of rotatable bonds is 9. The highest BCUT2D eigenvalue weighted by atomic mass is 16.5. The second kappa shape index (κ2) is 7.34. The molecule has 1 fully saturated rings. The van der Waals surface area contributed by atoms with E-state index in [1.54, 1.807) is 0 Å². The molecular formula is C14H30N2O. The van der Waals surface area contributed by atoms with Gasteiger partial charge in [-0.25, -0.2) is 0 Å². The van der Waals surface area contributed by atoms with Crippen molar-refractivity contribution in [3.63, 3.8) is 0 Å². The van der Waals surface area contributed by atoms with Gasteiger partial charge in [-0.05, 0) is 47.5 Å². The Morgan fingerprint density at radius 3 is 2.18 bits per heavy atom. The molecule has 0 aliphatic heterocycles. The summed E-state index contributed by atoms with van der Waals surface area (Å²) >= 11 is 0. The first-order chi connectivity index (χ1) is 8.00. The third-order valence-corrected chi connectivity index (χ3v) is 3.35. The molecule has 1 atom stereocenters. The smallest absolute Gasteiger partial charge is 0.0672 e. The summed E-state index contributed by atoms with van der Waals surface area (Å²) in [4.78, 5) is 2.47. The minimum Gasteiger partial charge on any atom is -0.376 e. The van der Waals surface area contributed by atoms with Gasteiger partial charge < -0.3 is 10.1 Å². The molecule has 0 aromatic heterocycles. The largest absolute Gasteiger partial charge is 0.376 e. The van der Waals surface area contributed by atoms with Gasteiger partial charge in [0.2, 0.25) is 0 Å². The van der Waals surface area contributed by atoms with Crippen molar-refractivity contribution in [3.8, 4) is 0 Å². The van der Waals surface area contributed by atoms with E-state index in [1.807, 2.05) is 0 Å². The Morgan fingerprint density at radius 1 is 1.12 bits per heavy atom. The molecule has 0 spiro atoms. The molecule has 1 aliphatic carbocycles. The topological polar surface area (TPSA) is 24.5 Å². The van der Waals surface area contributed by atoms with Gasteiger partial charge in [0.15, 0.2) is 0 Å². The summed E-state index contributed by atoms with van der Waals surface area (Å²) in [5.41, 5.74) is 0. The van der Waals surface area contributed by atoms with Gasteiger partial charge in [-0.2, -0.15) is 0 Å². The van der Waals surface area contributed by atoms with E-state index < -0.39 is 0 Å². The molecule has 3 nitrogen and oxygen atoms in total. The first-order valence-corrected chi connectivity index (χ1v) is 7.11. The van der Waals surface area contributed by atoms with Gasteiger partial charge in [0, 0.05) is 31.2 Å². The molecule has 0 aromatic rings. The van der Waals surface area contributed by atoms with Gasteiger partial charge in [0.1, 0.15) is 0 Å². The van der Waals surface area contributed by atoms with E-state index in [2.05, 4.69) is 44.8 Å². The number of nitrogens with zero attached hydrogens (tertiary/aromatic N) is 1. The fourth-order valence-corrected chi connectivity index (χ4v) is 2.15. The molecule has 1 rings (SSSR count). The van der Waals surface area contributed by atoms with E-state index >= 15 is 0 Å². The number of nitrogens with one attached hydrogen (secondary N) is 1. The molecule has 0 amide bonds. The van der Waals surface area contributed by atoms with Gasteiger partial charge in [-0.1, -0.05) is 0 Å². The van der Waals surface area contributed by atoms with Crippen molar-refractivity contribution in [1.29, 1.82) is 0 Å². The van der Waals surface area contributed by atoms with Crippen molar-refractivity contribution in [2.75, 3.05) is 19.7 Å². The third-order valence-electron chi connectivity index (χ3n) is 3.35. The maximum absolute atomic E-state index is 5.85. The Labute approximate surface area is 107 Å². The maximum Gasteiger partial charge on any atom is 0.0672 e. The monoisotopic (exact) mass is 242 g/mol. The van der Waals surface area contributed by atoms with E-state index in [4.69, 9.17) is 4.74 Å². The van der Waals surface area contributed by atoms with Crippen LogP contribution in [0.3, 0.4) is 0 Å². The average molecular weight is 242 g/mol. The zero-order chi connectivity index (χ0) is 12.8. The van der Waals surface area contributed by atoms with E-state index in [9.17, 15) is 0 Å². The van der Waals surface area contributed by atoms with Gasteiger partial charge in [-0.15, -0.1) is 0 Å². The molecule has 1 N–H and O–H groups in total. The molecule has 0 saturated heterocycles. The van der Waals surface area contributed by atoms with Crippen molar-refractivity contribution < 1.29 is 4.74 Å². The number of hydrogen-bond acceptors (Lipinski definition) is 3. The van der Waals surface area contributed by atoms with Crippen LogP contribution in [-0.4, -0.2) is 48.8 Å². The van der Waals surface area contributed by atoms with Gasteiger partial charge >= 0.3 is 0 Å². The second-order valence-corrected chi connectivity index (χ2v) is 5.79. The molecule has 1 unspecified atom stereocenters. The zero-order valence-electron chi connectivity index (χ0n) is 12.2. The third kappa shape index (κ3) is 6.39. The molecule has 0 radical (unpaired) electrons. The maximum atomic E-state index is 5.85. The van der Waals surface area contributed by atoms with Gasteiger partial charge in [0.05, 0.1) is 12.7 Å². The van der Waals surface area contributed by atoms with Crippen LogP contribution < -0.4 is 5.32 Å². The van der Waals surface area contributed by atoms with Crippen LogP contribution in [0.1, 0.15) is 47.5 Å². The lowest BCUT2D eigenvalue weighted by Gasteiger charge is -2.30. The second-order valence-electron chi connectivity index (χ2n) is 5.79. The Balaban J connectivity index is 2.07. The Morgan fingerprint density at radius 2 is 1.71 bits per heavy atom. The van der Waals surface area contributed by atoms with Crippen LogP contribution in [0, 0.1) is 0 Å². The molecule has 1 aliphatic rings. The van der Waals surface area contributed by atoms with Crippen LogP contribution in [-0.2, 0) is 4.74 Å². The number of ether oxygens (including phenoxy) is 1. The number of hydrogen-bond donors (Lipinski definition) is 1. The van der Waals surface area contributed by atoms with Crippen LogP contribution in [0.4, 0.5) is 0 Å². The summed E-state index contributed by atoms with van der Waals surface area (Å²) in [7, 11) is 0. The Kier molecular flexibility index (Phi) is 6.45. The van der Waals surface area contributed by atoms with Crippen molar-refractivity contribution >= 4 is 0 Å². The summed E-state index contributed by atoms with van der Waals surface area (Å²) in [5.74, 6) is 0. The summed E-state index contributed by atoms with van der Waals surface area (Å²) in [5, 5.41) is 3.50. The van der Waals surface area contributed by atoms with Crippen molar-refractivity contribution in [1.82, 2.24) is 10.2 Å². The van der Waals surface area contributed by atoms with E-state index in [1.165, 1.54) is 12.8 Å². The highest BCUT2D eigenvalue weighted by molar-refractivity contribution is 4.81. The van der Waals surface area contributed by atoms with E-state index in [0.29, 0.717) is 18.2 Å². The summed E-state index contributed by atoms with van der Waals surface area (Å²) < 4.78 is 5.85. The Bertz CT molecular complexity index is 194. The first kappa shape index (κ1) is 14.9. The minimum absolute atomic E-state index is 0.330. The van der Waals surface area contributed by atoms with Gasteiger partial charge in [0.25, 0.3) is 0 Å². The molecule has 1 saturated carbocycles. The van der Waals surface area contributed by atoms with E-state index in [-0.39, 0.29) is 0 Å². The first-order valence-electron chi connectivity index (χ1n) is 7.11. The van der Waals surface area contributed by atoms with Crippen molar-refractivity contribution in [3.05, 3.63) is 0 Å². The van der Waals surface area contributed by atoms with Crippen LogP contribution in [0.15, 0.2) is 0 Å². The molecular weight excluding hydrogens is 212 g/mol. The molecule has 3 heteroatoms. The summed E-state index contributed by atoms with van der Waals surface area (Å²) in [6.07, 6.45) is 3.03. The molecule has 0 aromatic carbocycles. The normalized spacial score (nSPS) is 18.4. The van der Waals surface area contributed by atoms with Crippen LogP contribution >= 0.6 is 0 Å². The minimum atomic E-state index is 0.330. The SMILES string of the molecule is CC(CNC1CC1)OCCN(C(C)C)C(C)C. The van der Waals surface area contributed by atoms with Crippen molar-refractivity contribution in [2.45, 2.75) is 71.7 Å².